The quantitative estimate of drug-likeness (QED) is 0.616. The van der Waals surface area contributed by atoms with Gasteiger partial charge in [-0.3, -0.25) is 0 Å². The van der Waals surface area contributed by atoms with E-state index in [9.17, 15) is 0 Å². The summed E-state index contributed by atoms with van der Waals surface area (Å²) in [7, 11) is 1.72. The first-order chi connectivity index (χ1) is 5.26. The van der Waals surface area contributed by atoms with Crippen LogP contribution in [0.15, 0.2) is 12.2 Å². The maximum absolute atomic E-state index is 8.51. The van der Waals surface area contributed by atoms with Gasteiger partial charge < -0.3 is 9.84 Å². The molecule has 0 amide bonds. The Bertz CT molecular complexity index is 106. The third kappa shape index (κ3) is 4.17. The molecule has 0 aliphatic heterocycles. The van der Waals surface area contributed by atoms with E-state index in [1.54, 1.807) is 13.2 Å². The molecule has 0 spiro atoms. The van der Waals surface area contributed by atoms with Crippen LogP contribution < -0.4 is 0 Å². The third-order valence-corrected chi connectivity index (χ3v) is 1.84. The molecule has 0 saturated heterocycles. The number of hydrogen-bond acceptors (Lipinski definition) is 2. The van der Waals surface area contributed by atoms with Crippen LogP contribution in [0.5, 0.6) is 0 Å². The summed E-state index contributed by atoms with van der Waals surface area (Å²) >= 11 is 0. The minimum absolute atomic E-state index is 0.116. The van der Waals surface area contributed by atoms with Gasteiger partial charge in [0, 0.05) is 13.0 Å². The van der Waals surface area contributed by atoms with E-state index in [0.717, 1.165) is 6.42 Å². The summed E-state index contributed by atoms with van der Waals surface area (Å²) in [5, 5.41) is 8.51. The normalized spacial score (nSPS) is 17.1. The molecule has 0 aromatic rings. The number of rotatable bonds is 5. The van der Waals surface area contributed by atoms with Gasteiger partial charge in [0.1, 0.15) is 0 Å². The highest BCUT2D eigenvalue weighted by molar-refractivity contribution is 4.89. The van der Waals surface area contributed by atoms with Crippen molar-refractivity contribution in [3.63, 3.8) is 0 Å². The smallest absolute Gasteiger partial charge is 0.0628 e. The summed E-state index contributed by atoms with van der Waals surface area (Å²) in [6.45, 7) is 4.30. The van der Waals surface area contributed by atoms with Crippen LogP contribution in [0.25, 0.3) is 0 Å². The number of aliphatic hydroxyl groups is 1. The van der Waals surface area contributed by atoms with Gasteiger partial charge in [-0.05, 0) is 6.42 Å². The van der Waals surface area contributed by atoms with Crippen molar-refractivity contribution in [1.29, 1.82) is 0 Å². The van der Waals surface area contributed by atoms with Crippen LogP contribution in [-0.2, 0) is 4.74 Å². The molecule has 0 aromatic heterocycles. The van der Waals surface area contributed by atoms with E-state index in [1.165, 1.54) is 0 Å². The van der Waals surface area contributed by atoms with Gasteiger partial charge >= 0.3 is 0 Å². The van der Waals surface area contributed by atoms with Crippen LogP contribution in [0, 0.1) is 5.92 Å². The lowest BCUT2D eigenvalue weighted by Crippen LogP contribution is -2.17. The van der Waals surface area contributed by atoms with Crippen molar-refractivity contribution >= 4 is 0 Å². The Kier molecular flexibility index (Phi) is 6.18. The summed E-state index contributed by atoms with van der Waals surface area (Å²) in [4.78, 5) is 0. The molecule has 2 atom stereocenters. The second-order valence-corrected chi connectivity index (χ2v) is 2.65. The fraction of sp³-hybridized carbons (Fsp3) is 0.778. The van der Waals surface area contributed by atoms with Crippen molar-refractivity contribution < 1.29 is 9.84 Å². The standard InChI is InChI=1S/C9H18O2/c1-4-9(11-3)8(2)6-5-7-10/h5-6,8-10H,4,7H2,1-3H3/b6-5+/t8-,9-/m0/s1. The minimum atomic E-state index is 0.116. The van der Waals surface area contributed by atoms with Crippen molar-refractivity contribution in [2.24, 2.45) is 5.92 Å². The molecule has 2 nitrogen and oxygen atoms in total. The molecule has 0 heterocycles. The minimum Gasteiger partial charge on any atom is -0.392 e. The Morgan fingerprint density at radius 1 is 1.55 bits per heavy atom. The maximum Gasteiger partial charge on any atom is 0.0628 e. The molecule has 66 valence electrons. The average Bonchev–Trinajstić information content (AvgIpc) is 2.03. The third-order valence-electron chi connectivity index (χ3n) is 1.84. The van der Waals surface area contributed by atoms with Crippen molar-refractivity contribution in [2.75, 3.05) is 13.7 Å². The SMILES string of the molecule is CC[C@H](OC)[C@@H](C)/C=C/CO. The topological polar surface area (TPSA) is 29.5 Å². The van der Waals surface area contributed by atoms with Crippen molar-refractivity contribution in [2.45, 2.75) is 26.4 Å². The number of methoxy groups -OCH3 is 1. The molecule has 2 heteroatoms. The van der Waals surface area contributed by atoms with Gasteiger partial charge in [0.15, 0.2) is 0 Å². The molecule has 0 fully saturated rings. The van der Waals surface area contributed by atoms with Crippen LogP contribution in [-0.4, -0.2) is 24.9 Å². The van der Waals surface area contributed by atoms with Crippen molar-refractivity contribution in [1.82, 2.24) is 0 Å². The molecule has 11 heavy (non-hydrogen) atoms. The van der Waals surface area contributed by atoms with Gasteiger partial charge in [-0.1, -0.05) is 26.0 Å². The molecule has 1 N–H and O–H groups in total. The van der Waals surface area contributed by atoms with Crippen molar-refractivity contribution in [3.05, 3.63) is 12.2 Å². The lowest BCUT2D eigenvalue weighted by Gasteiger charge is -2.17. The van der Waals surface area contributed by atoms with Gasteiger partial charge in [0.2, 0.25) is 0 Å². The van der Waals surface area contributed by atoms with E-state index >= 15 is 0 Å². The van der Waals surface area contributed by atoms with E-state index in [0.29, 0.717) is 5.92 Å². The maximum atomic E-state index is 8.51. The molecule has 0 aliphatic carbocycles. The predicted octanol–water partition coefficient (Wildman–Crippen LogP) is 1.60. The Labute approximate surface area is 68.9 Å². The predicted molar refractivity (Wildman–Crippen MR) is 46.5 cm³/mol. The molecule has 0 saturated carbocycles. The fourth-order valence-electron chi connectivity index (χ4n) is 1.15. The molecule has 0 aromatic carbocycles. The highest BCUT2D eigenvalue weighted by Crippen LogP contribution is 2.11. The number of ether oxygens (including phenoxy) is 1. The molecule has 0 aliphatic rings. The monoisotopic (exact) mass is 158 g/mol. The van der Waals surface area contributed by atoms with Gasteiger partial charge in [-0.25, -0.2) is 0 Å². The van der Waals surface area contributed by atoms with Crippen LogP contribution in [0.3, 0.4) is 0 Å². The molecule has 0 bridgehead atoms. The lowest BCUT2D eigenvalue weighted by molar-refractivity contribution is 0.0712. The van der Waals surface area contributed by atoms with Gasteiger partial charge in [-0.2, -0.15) is 0 Å². The average molecular weight is 158 g/mol. The molecule has 0 rings (SSSR count). The summed E-state index contributed by atoms with van der Waals surface area (Å²) in [6.07, 6.45) is 5.02. The Balaban J connectivity index is 3.77. The first kappa shape index (κ1) is 10.7. The van der Waals surface area contributed by atoms with Crippen molar-refractivity contribution in [3.8, 4) is 0 Å². The van der Waals surface area contributed by atoms with Crippen LogP contribution >= 0.6 is 0 Å². The fourth-order valence-corrected chi connectivity index (χ4v) is 1.15. The van der Waals surface area contributed by atoms with Gasteiger partial charge in [0.25, 0.3) is 0 Å². The van der Waals surface area contributed by atoms with E-state index in [4.69, 9.17) is 9.84 Å². The van der Waals surface area contributed by atoms with Crippen LogP contribution in [0.4, 0.5) is 0 Å². The zero-order valence-electron chi connectivity index (χ0n) is 7.58. The molecular weight excluding hydrogens is 140 g/mol. The second kappa shape index (κ2) is 6.38. The summed E-state index contributed by atoms with van der Waals surface area (Å²) in [6, 6.07) is 0. The Morgan fingerprint density at radius 3 is 2.55 bits per heavy atom. The molecule has 0 radical (unpaired) electrons. The summed E-state index contributed by atoms with van der Waals surface area (Å²) in [5.74, 6) is 0.386. The number of hydrogen-bond donors (Lipinski definition) is 1. The first-order valence-electron chi connectivity index (χ1n) is 4.06. The summed E-state index contributed by atoms with van der Waals surface area (Å²) < 4.78 is 5.23. The largest absolute Gasteiger partial charge is 0.392 e. The zero-order chi connectivity index (χ0) is 8.69. The van der Waals surface area contributed by atoms with Crippen LogP contribution in [0.1, 0.15) is 20.3 Å². The van der Waals surface area contributed by atoms with Gasteiger partial charge in [0.05, 0.1) is 12.7 Å². The lowest BCUT2D eigenvalue weighted by atomic mass is 10.0. The van der Waals surface area contributed by atoms with E-state index in [2.05, 4.69) is 13.8 Å². The van der Waals surface area contributed by atoms with Gasteiger partial charge in [-0.15, -0.1) is 0 Å². The summed E-state index contributed by atoms with van der Waals surface area (Å²) in [5.41, 5.74) is 0. The zero-order valence-corrected chi connectivity index (χ0v) is 7.58. The number of aliphatic hydroxyl groups excluding tert-OH is 1. The van der Waals surface area contributed by atoms with E-state index in [1.807, 2.05) is 6.08 Å². The highest BCUT2D eigenvalue weighted by Gasteiger charge is 2.10. The highest BCUT2D eigenvalue weighted by atomic mass is 16.5. The first-order valence-corrected chi connectivity index (χ1v) is 4.06. The Morgan fingerprint density at radius 2 is 2.18 bits per heavy atom. The van der Waals surface area contributed by atoms with E-state index in [-0.39, 0.29) is 12.7 Å². The Hall–Kier alpha value is -0.340. The molecule has 0 unspecified atom stereocenters. The molecular formula is C9H18O2. The van der Waals surface area contributed by atoms with E-state index < -0.39 is 0 Å². The second-order valence-electron chi connectivity index (χ2n) is 2.65. The van der Waals surface area contributed by atoms with Crippen LogP contribution in [0.2, 0.25) is 0 Å².